The molecular formula is C55H94O6. The van der Waals surface area contributed by atoms with Crippen LogP contribution in [0.25, 0.3) is 0 Å². The Morgan fingerprint density at radius 2 is 0.672 bits per heavy atom. The van der Waals surface area contributed by atoms with E-state index >= 15 is 0 Å². The van der Waals surface area contributed by atoms with E-state index in [0.29, 0.717) is 19.3 Å². The Hall–Kier alpha value is -3.15. The van der Waals surface area contributed by atoms with Crippen LogP contribution in [0.5, 0.6) is 0 Å². The summed E-state index contributed by atoms with van der Waals surface area (Å²) in [5.74, 6) is -0.923. The lowest BCUT2D eigenvalue weighted by Crippen LogP contribution is -2.30. The second-order valence-electron chi connectivity index (χ2n) is 16.8. The maximum atomic E-state index is 12.8. The third kappa shape index (κ3) is 47.7. The molecule has 0 aliphatic carbocycles. The Morgan fingerprint density at radius 3 is 1.10 bits per heavy atom. The van der Waals surface area contributed by atoms with Crippen LogP contribution in [0, 0.1) is 0 Å². The maximum Gasteiger partial charge on any atom is 0.306 e. The Bertz CT molecular complexity index is 1160. The summed E-state index contributed by atoms with van der Waals surface area (Å²) in [5, 5.41) is 0. The molecule has 6 nitrogen and oxygen atoms in total. The van der Waals surface area contributed by atoms with Gasteiger partial charge in [0.2, 0.25) is 0 Å². The van der Waals surface area contributed by atoms with Crippen molar-refractivity contribution in [2.24, 2.45) is 0 Å². The SMILES string of the molecule is CC\C=C/C=C\C=C/CCCCCCCC(=O)OC(COC(=O)CCCCCCC/C=C\CCCC)COC(=O)CCCCCCCCCCCC/C=C\C=C/CCCCC. The first kappa shape index (κ1) is 57.9. The third-order valence-electron chi connectivity index (χ3n) is 10.8. The van der Waals surface area contributed by atoms with E-state index in [2.05, 4.69) is 93.7 Å². The molecule has 0 radical (unpaired) electrons. The molecule has 0 aromatic carbocycles. The summed E-state index contributed by atoms with van der Waals surface area (Å²) in [6.45, 7) is 6.41. The molecule has 0 aromatic rings. The summed E-state index contributed by atoms with van der Waals surface area (Å²) in [6.07, 6.45) is 61.7. The van der Waals surface area contributed by atoms with Gasteiger partial charge in [-0.25, -0.2) is 0 Å². The van der Waals surface area contributed by atoms with Crippen molar-refractivity contribution in [3.63, 3.8) is 0 Å². The minimum atomic E-state index is -0.789. The average molecular weight is 851 g/mol. The van der Waals surface area contributed by atoms with Gasteiger partial charge in [0.25, 0.3) is 0 Å². The minimum absolute atomic E-state index is 0.0885. The van der Waals surface area contributed by atoms with Crippen molar-refractivity contribution in [2.45, 2.75) is 245 Å². The Labute approximate surface area is 376 Å². The van der Waals surface area contributed by atoms with Gasteiger partial charge in [-0.3, -0.25) is 14.4 Å². The zero-order valence-corrected chi connectivity index (χ0v) is 39.9. The Morgan fingerprint density at radius 1 is 0.344 bits per heavy atom. The highest BCUT2D eigenvalue weighted by Crippen LogP contribution is 2.14. The van der Waals surface area contributed by atoms with E-state index in [1.54, 1.807) is 0 Å². The lowest BCUT2D eigenvalue weighted by atomic mass is 10.1. The summed E-state index contributed by atoms with van der Waals surface area (Å²) in [5.41, 5.74) is 0. The number of carbonyl (C=O) groups excluding carboxylic acids is 3. The molecular weight excluding hydrogens is 757 g/mol. The second-order valence-corrected chi connectivity index (χ2v) is 16.8. The minimum Gasteiger partial charge on any atom is -0.462 e. The molecule has 1 unspecified atom stereocenters. The van der Waals surface area contributed by atoms with Crippen molar-refractivity contribution >= 4 is 17.9 Å². The third-order valence-corrected chi connectivity index (χ3v) is 10.8. The summed E-state index contributed by atoms with van der Waals surface area (Å²) in [7, 11) is 0. The molecule has 61 heavy (non-hydrogen) atoms. The molecule has 0 rings (SSSR count). The first-order valence-corrected chi connectivity index (χ1v) is 25.5. The topological polar surface area (TPSA) is 78.9 Å². The lowest BCUT2D eigenvalue weighted by molar-refractivity contribution is -0.167. The molecule has 0 spiro atoms. The Balaban J connectivity index is 4.36. The molecule has 0 aliphatic heterocycles. The zero-order chi connectivity index (χ0) is 44.4. The molecule has 0 saturated carbocycles. The van der Waals surface area contributed by atoms with Gasteiger partial charge < -0.3 is 14.2 Å². The van der Waals surface area contributed by atoms with E-state index in [-0.39, 0.29) is 31.1 Å². The number of rotatable bonds is 45. The maximum absolute atomic E-state index is 12.8. The molecule has 0 aromatic heterocycles. The summed E-state index contributed by atoms with van der Waals surface area (Å²) >= 11 is 0. The van der Waals surface area contributed by atoms with Crippen LogP contribution in [0.4, 0.5) is 0 Å². The number of allylic oxidation sites excluding steroid dienone is 12. The zero-order valence-electron chi connectivity index (χ0n) is 39.9. The molecule has 0 bridgehead atoms. The van der Waals surface area contributed by atoms with Crippen LogP contribution in [0.1, 0.15) is 239 Å². The molecule has 350 valence electrons. The van der Waals surface area contributed by atoms with Crippen molar-refractivity contribution in [3.05, 3.63) is 72.9 Å². The van der Waals surface area contributed by atoms with E-state index < -0.39 is 6.10 Å². The van der Waals surface area contributed by atoms with Crippen molar-refractivity contribution in [1.29, 1.82) is 0 Å². The van der Waals surface area contributed by atoms with E-state index in [0.717, 1.165) is 89.9 Å². The molecule has 0 fully saturated rings. The van der Waals surface area contributed by atoms with E-state index in [9.17, 15) is 14.4 Å². The molecule has 0 N–H and O–H groups in total. The van der Waals surface area contributed by atoms with Crippen molar-refractivity contribution in [3.8, 4) is 0 Å². The number of carbonyl (C=O) groups is 3. The summed E-state index contributed by atoms with van der Waals surface area (Å²) < 4.78 is 16.7. The molecule has 1 atom stereocenters. The molecule has 0 amide bonds. The first-order valence-electron chi connectivity index (χ1n) is 25.5. The summed E-state index contributed by atoms with van der Waals surface area (Å²) in [6, 6.07) is 0. The van der Waals surface area contributed by atoms with Gasteiger partial charge in [-0.15, -0.1) is 0 Å². The van der Waals surface area contributed by atoms with Crippen molar-refractivity contribution in [1.82, 2.24) is 0 Å². The van der Waals surface area contributed by atoms with Gasteiger partial charge >= 0.3 is 17.9 Å². The quantitative estimate of drug-likeness (QED) is 0.0200. The molecule has 6 heteroatoms. The van der Waals surface area contributed by atoms with Crippen molar-refractivity contribution < 1.29 is 28.6 Å². The highest BCUT2D eigenvalue weighted by atomic mass is 16.6. The fraction of sp³-hybridized carbons (Fsp3) is 0.727. The first-order chi connectivity index (χ1) is 30.0. The monoisotopic (exact) mass is 851 g/mol. The normalized spacial score (nSPS) is 12.6. The van der Waals surface area contributed by atoms with Gasteiger partial charge in [-0.2, -0.15) is 0 Å². The van der Waals surface area contributed by atoms with Crippen LogP contribution in [0.3, 0.4) is 0 Å². The predicted molar refractivity (Wildman–Crippen MR) is 261 cm³/mol. The fourth-order valence-electron chi connectivity index (χ4n) is 6.88. The smallest absolute Gasteiger partial charge is 0.306 e. The van der Waals surface area contributed by atoms with E-state index in [1.165, 1.54) is 109 Å². The second kappa shape index (κ2) is 49.5. The van der Waals surface area contributed by atoms with Crippen LogP contribution in [-0.4, -0.2) is 37.2 Å². The Kier molecular flexibility index (Phi) is 46.9. The lowest BCUT2D eigenvalue weighted by Gasteiger charge is -2.18. The van der Waals surface area contributed by atoms with Gasteiger partial charge in [-0.05, 0) is 83.5 Å². The molecule has 0 saturated heterocycles. The van der Waals surface area contributed by atoms with Crippen LogP contribution in [0.15, 0.2) is 72.9 Å². The van der Waals surface area contributed by atoms with Crippen LogP contribution in [0.2, 0.25) is 0 Å². The van der Waals surface area contributed by atoms with Gasteiger partial charge in [0.15, 0.2) is 6.10 Å². The number of ether oxygens (including phenoxy) is 3. The molecule has 0 aliphatic rings. The predicted octanol–water partition coefficient (Wildman–Crippen LogP) is 16.6. The van der Waals surface area contributed by atoms with Gasteiger partial charge in [0.05, 0.1) is 0 Å². The largest absolute Gasteiger partial charge is 0.462 e. The van der Waals surface area contributed by atoms with E-state index in [4.69, 9.17) is 14.2 Å². The van der Waals surface area contributed by atoms with Gasteiger partial charge in [-0.1, -0.05) is 209 Å². The fourth-order valence-corrected chi connectivity index (χ4v) is 6.88. The van der Waals surface area contributed by atoms with Crippen LogP contribution in [-0.2, 0) is 28.6 Å². The van der Waals surface area contributed by atoms with Crippen molar-refractivity contribution in [2.75, 3.05) is 13.2 Å². The van der Waals surface area contributed by atoms with Gasteiger partial charge in [0.1, 0.15) is 13.2 Å². The number of esters is 3. The standard InChI is InChI=1S/C55H94O6/c1-4-7-10-13-16-19-22-24-25-26-27-28-29-31-33-36-39-42-45-48-54(57)60-51-52(50-59-53(56)47-44-41-38-35-32-21-18-15-12-9-6-3)61-55(58)49-46-43-40-37-34-30-23-20-17-14-11-8-5-2/h8,11,14-20,22-24,52H,4-7,9-10,12-13,21,25-51H2,1-3H3/b11-8-,17-14-,18-15-,19-16-,23-20-,24-22-. The molecule has 0 heterocycles. The van der Waals surface area contributed by atoms with E-state index in [1.807, 2.05) is 0 Å². The highest BCUT2D eigenvalue weighted by molar-refractivity contribution is 5.71. The van der Waals surface area contributed by atoms with Crippen LogP contribution < -0.4 is 0 Å². The highest BCUT2D eigenvalue weighted by Gasteiger charge is 2.19. The number of hydrogen-bond donors (Lipinski definition) is 0. The van der Waals surface area contributed by atoms with Crippen LogP contribution >= 0.6 is 0 Å². The van der Waals surface area contributed by atoms with Gasteiger partial charge in [0, 0.05) is 19.3 Å². The number of unbranched alkanes of at least 4 members (excludes halogenated alkanes) is 25. The summed E-state index contributed by atoms with van der Waals surface area (Å²) in [4.78, 5) is 37.9. The number of hydrogen-bond acceptors (Lipinski definition) is 6. The average Bonchev–Trinajstić information content (AvgIpc) is 3.26.